The van der Waals surface area contributed by atoms with E-state index in [0.717, 1.165) is 18.5 Å². The molecule has 0 bridgehead atoms. The van der Waals surface area contributed by atoms with Crippen LogP contribution in [0.25, 0.3) is 0 Å². The molecule has 2 aromatic rings. The Hall–Kier alpha value is -2.68. The summed E-state index contributed by atoms with van der Waals surface area (Å²) in [6.07, 6.45) is 5.24. The Balaban J connectivity index is 1.65. The molecular weight excluding hydrogens is 312 g/mol. The first-order valence-electron chi connectivity index (χ1n) is 8.68. The number of hydrogen-bond donors (Lipinski definition) is 2. The third-order valence-corrected chi connectivity index (χ3v) is 5.37. The highest BCUT2D eigenvalue weighted by Crippen LogP contribution is 2.47. The SMILES string of the molecule is C[C@H]1C[C@@H](Nc2nc(NCCc3ccccn3)ncc2C#N)C1(C)C. The van der Waals surface area contributed by atoms with Gasteiger partial charge in [0.2, 0.25) is 5.95 Å². The van der Waals surface area contributed by atoms with Crippen molar-refractivity contribution in [2.75, 3.05) is 17.2 Å². The maximum Gasteiger partial charge on any atom is 0.224 e. The first-order chi connectivity index (χ1) is 12.0. The number of anilines is 2. The normalized spacial score (nSPS) is 21.0. The standard InChI is InChI=1S/C19H24N6/c1-13-10-16(19(13,2)3)24-17-14(11-20)12-23-18(25-17)22-9-7-15-6-4-5-8-21-15/h4-6,8,12-13,16H,7,9-10H2,1-3H3,(H2,22,23,24,25)/t13-,16+/m0/s1. The maximum atomic E-state index is 9.32. The van der Waals surface area contributed by atoms with E-state index in [2.05, 4.69) is 52.4 Å². The molecule has 0 amide bonds. The molecule has 2 N–H and O–H groups in total. The van der Waals surface area contributed by atoms with Crippen LogP contribution >= 0.6 is 0 Å². The van der Waals surface area contributed by atoms with Gasteiger partial charge in [0, 0.05) is 30.9 Å². The van der Waals surface area contributed by atoms with Gasteiger partial charge in [-0.3, -0.25) is 4.98 Å². The topological polar surface area (TPSA) is 86.5 Å². The zero-order chi connectivity index (χ0) is 17.9. The summed E-state index contributed by atoms with van der Waals surface area (Å²) < 4.78 is 0. The Morgan fingerprint density at radius 2 is 2.16 bits per heavy atom. The van der Waals surface area contributed by atoms with Crippen molar-refractivity contribution in [1.29, 1.82) is 5.26 Å². The van der Waals surface area contributed by atoms with Crippen LogP contribution in [0.2, 0.25) is 0 Å². The van der Waals surface area contributed by atoms with Gasteiger partial charge in [-0.05, 0) is 29.9 Å². The molecule has 0 unspecified atom stereocenters. The summed E-state index contributed by atoms with van der Waals surface area (Å²) in [4.78, 5) is 13.0. The minimum absolute atomic E-state index is 0.199. The van der Waals surface area contributed by atoms with Gasteiger partial charge in [-0.25, -0.2) is 4.98 Å². The van der Waals surface area contributed by atoms with Gasteiger partial charge in [0.05, 0.1) is 6.20 Å². The minimum atomic E-state index is 0.199. The highest BCUT2D eigenvalue weighted by Gasteiger charge is 2.45. The van der Waals surface area contributed by atoms with Crippen molar-refractivity contribution in [3.63, 3.8) is 0 Å². The Kier molecular flexibility index (Phi) is 4.84. The third kappa shape index (κ3) is 3.71. The van der Waals surface area contributed by atoms with Gasteiger partial charge in [0.15, 0.2) is 0 Å². The van der Waals surface area contributed by atoms with Crippen LogP contribution in [0.5, 0.6) is 0 Å². The number of rotatable bonds is 6. The highest BCUT2D eigenvalue weighted by molar-refractivity contribution is 5.54. The lowest BCUT2D eigenvalue weighted by Gasteiger charge is -2.51. The summed E-state index contributed by atoms with van der Waals surface area (Å²) in [7, 11) is 0. The van der Waals surface area contributed by atoms with Crippen LogP contribution in [0.1, 0.15) is 38.4 Å². The fraction of sp³-hybridized carbons (Fsp3) is 0.474. The Labute approximate surface area is 148 Å². The summed E-state index contributed by atoms with van der Waals surface area (Å²) in [6.45, 7) is 7.44. The number of pyridine rings is 1. The van der Waals surface area contributed by atoms with E-state index in [1.54, 1.807) is 12.4 Å². The summed E-state index contributed by atoms with van der Waals surface area (Å²) in [6, 6.07) is 8.37. The van der Waals surface area contributed by atoms with Crippen molar-refractivity contribution in [3.05, 3.63) is 41.9 Å². The lowest BCUT2D eigenvalue weighted by Crippen LogP contribution is -2.52. The minimum Gasteiger partial charge on any atom is -0.366 e. The summed E-state index contributed by atoms with van der Waals surface area (Å²) in [5.74, 6) is 1.80. The highest BCUT2D eigenvalue weighted by atomic mass is 15.2. The largest absolute Gasteiger partial charge is 0.366 e. The molecule has 1 fully saturated rings. The first-order valence-corrected chi connectivity index (χ1v) is 8.68. The molecule has 0 aromatic carbocycles. The van der Waals surface area contributed by atoms with Gasteiger partial charge in [0.25, 0.3) is 0 Å². The van der Waals surface area contributed by atoms with Gasteiger partial charge < -0.3 is 10.6 Å². The van der Waals surface area contributed by atoms with Crippen LogP contribution in [-0.2, 0) is 6.42 Å². The molecule has 0 aliphatic heterocycles. The quantitative estimate of drug-likeness (QED) is 0.842. The van der Waals surface area contributed by atoms with Crippen LogP contribution in [0.4, 0.5) is 11.8 Å². The van der Waals surface area contributed by atoms with Crippen molar-refractivity contribution in [2.45, 2.75) is 39.7 Å². The van der Waals surface area contributed by atoms with Gasteiger partial charge >= 0.3 is 0 Å². The first kappa shape index (κ1) is 17.2. The Bertz CT molecular complexity index is 765. The van der Waals surface area contributed by atoms with Gasteiger partial charge in [0.1, 0.15) is 17.5 Å². The van der Waals surface area contributed by atoms with Gasteiger partial charge in [-0.2, -0.15) is 10.2 Å². The van der Waals surface area contributed by atoms with Crippen LogP contribution in [0, 0.1) is 22.7 Å². The van der Waals surface area contributed by atoms with E-state index in [9.17, 15) is 5.26 Å². The molecule has 0 spiro atoms. The molecule has 2 heterocycles. The molecule has 3 rings (SSSR count). The van der Waals surface area contributed by atoms with Crippen LogP contribution in [0.15, 0.2) is 30.6 Å². The molecule has 0 radical (unpaired) electrons. The molecule has 1 aliphatic carbocycles. The number of aromatic nitrogens is 3. The summed E-state index contributed by atoms with van der Waals surface area (Å²) in [5.41, 5.74) is 1.70. The van der Waals surface area contributed by atoms with Gasteiger partial charge in [-0.1, -0.05) is 26.8 Å². The fourth-order valence-corrected chi connectivity index (χ4v) is 3.06. The lowest BCUT2D eigenvalue weighted by molar-refractivity contribution is 0.0654. The Morgan fingerprint density at radius 3 is 2.80 bits per heavy atom. The Morgan fingerprint density at radius 1 is 1.32 bits per heavy atom. The molecule has 130 valence electrons. The molecule has 0 saturated heterocycles. The third-order valence-electron chi connectivity index (χ3n) is 5.37. The fourth-order valence-electron chi connectivity index (χ4n) is 3.06. The van der Waals surface area contributed by atoms with Crippen molar-refractivity contribution >= 4 is 11.8 Å². The smallest absolute Gasteiger partial charge is 0.224 e. The molecule has 6 heteroatoms. The average molecular weight is 336 g/mol. The van der Waals surface area contributed by atoms with E-state index < -0.39 is 0 Å². The van der Waals surface area contributed by atoms with E-state index in [-0.39, 0.29) is 5.41 Å². The monoisotopic (exact) mass is 336 g/mol. The second-order valence-electron chi connectivity index (χ2n) is 7.22. The maximum absolute atomic E-state index is 9.32. The summed E-state index contributed by atoms with van der Waals surface area (Å²) >= 11 is 0. The number of hydrogen-bond acceptors (Lipinski definition) is 6. The molecule has 1 aliphatic rings. The predicted molar refractivity (Wildman–Crippen MR) is 98.2 cm³/mol. The number of nitrogens with one attached hydrogen (secondary N) is 2. The van der Waals surface area contributed by atoms with Crippen molar-refractivity contribution in [1.82, 2.24) is 15.0 Å². The molecule has 1 saturated carbocycles. The van der Waals surface area contributed by atoms with Crippen LogP contribution in [-0.4, -0.2) is 27.5 Å². The number of nitrogens with zero attached hydrogens (tertiary/aromatic N) is 4. The van der Waals surface area contributed by atoms with Crippen molar-refractivity contribution in [2.24, 2.45) is 11.3 Å². The van der Waals surface area contributed by atoms with Crippen molar-refractivity contribution in [3.8, 4) is 6.07 Å². The van der Waals surface area contributed by atoms with Crippen LogP contribution < -0.4 is 10.6 Å². The second-order valence-corrected chi connectivity index (χ2v) is 7.22. The second kappa shape index (κ2) is 7.06. The van der Waals surface area contributed by atoms with E-state index in [1.165, 1.54) is 0 Å². The zero-order valence-corrected chi connectivity index (χ0v) is 15.0. The summed E-state index contributed by atoms with van der Waals surface area (Å²) in [5, 5.41) is 16.0. The van der Waals surface area contributed by atoms with Gasteiger partial charge in [-0.15, -0.1) is 0 Å². The molecule has 2 atom stereocenters. The zero-order valence-electron chi connectivity index (χ0n) is 15.0. The van der Waals surface area contributed by atoms with Crippen LogP contribution in [0.3, 0.4) is 0 Å². The molecular formula is C19H24N6. The molecule has 6 nitrogen and oxygen atoms in total. The number of nitriles is 1. The van der Waals surface area contributed by atoms with E-state index >= 15 is 0 Å². The molecule has 25 heavy (non-hydrogen) atoms. The van der Waals surface area contributed by atoms with Crippen molar-refractivity contribution < 1.29 is 0 Å². The average Bonchev–Trinajstić information content (AvgIpc) is 2.62. The molecule has 2 aromatic heterocycles. The van der Waals surface area contributed by atoms with E-state index in [0.29, 0.717) is 35.8 Å². The predicted octanol–water partition coefficient (Wildman–Crippen LogP) is 3.24. The van der Waals surface area contributed by atoms with E-state index in [4.69, 9.17) is 0 Å². The van der Waals surface area contributed by atoms with E-state index in [1.807, 2.05) is 18.2 Å². The lowest BCUT2D eigenvalue weighted by atomic mass is 9.59.